The molecule has 0 aromatic carbocycles. The van der Waals surface area contributed by atoms with Crippen LogP contribution in [0.25, 0.3) is 0 Å². The molecule has 84 valence electrons. The molecule has 0 spiro atoms. The van der Waals surface area contributed by atoms with Gasteiger partial charge in [-0.1, -0.05) is 6.07 Å². The topological polar surface area (TPSA) is 55.0 Å². The highest BCUT2D eigenvalue weighted by Gasteiger charge is 2.04. The van der Waals surface area contributed by atoms with Crippen LogP contribution >= 0.6 is 11.3 Å². The highest BCUT2D eigenvalue weighted by molar-refractivity contribution is 7.09. The SMILES string of the molecule is CN(CCc1cccs1)c1ncc(N)cn1. The van der Waals surface area contributed by atoms with Crippen LogP contribution < -0.4 is 10.6 Å². The highest BCUT2D eigenvalue weighted by atomic mass is 32.1. The Morgan fingerprint density at radius 3 is 2.75 bits per heavy atom. The molecule has 16 heavy (non-hydrogen) atoms. The Kier molecular flexibility index (Phi) is 3.36. The predicted octanol–water partition coefficient (Wildman–Crippen LogP) is 1.80. The van der Waals surface area contributed by atoms with Gasteiger partial charge in [-0.2, -0.15) is 0 Å². The summed E-state index contributed by atoms with van der Waals surface area (Å²) in [5.41, 5.74) is 6.13. The first-order chi connectivity index (χ1) is 7.75. The van der Waals surface area contributed by atoms with Gasteiger partial charge in [-0.05, 0) is 17.9 Å². The summed E-state index contributed by atoms with van der Waals surface area (Å²) in [5.74, 6) is 0.714. The van der Waals surface area contributed by atoms with E-state index in [2.05, 4.69) is 27.5 Å². The van der Waals surface area contributed by atoms with Crippen molar-refractivity contribution >= 4 is 23.0 Å². The minimum Gasteiger partial charge on any atom is -0.396 e. The number of hydrogen-bond acceptors (Lipinski definition) is 5. The van der Waals surface area contributed by atoms with Crippen LogP contribution in [0.15, 0.2) is 29.9 Å². The number of aromatic nitrogens is 2. The molecular formula is C11H14N4S. The lowest BCUT2D eigenvalue weighted by Crippen LogP contribution is -2.22. The van der Waals surface area contributed by atoms with E-state index in [9.17, 15) is 0 Å². The van der Waals surface area contributed by atoms with Crippen molar-refractivity contribution in [2.24, 2.45) is 0 Å². The lowest BCUT2D eigenvalue weighted by atomic mass is 10.3. The van der Waals surface area contributed by atoms with Crippen LogP contribution in [0.5, 0.6) is 0 Å². The van der Waals surface area contributed by atoms with E-state index >= 15 is 0 Å². The normalized spacial score (nSPS) is 10.3. The van der Waals surface area contributed by atoms with Gasteiger partial charge in [0, 0.05) is 18.5 Å². The number of rotatable bonds is 4. The summed E-state index contributed by atoms with van der Waals surface area (Å²) < 4.78 is 0. The van der Waals surface area contributed by atoms with Crippen molar-refractivity contribution in [3.05, 3.63) is 34.8 Å². The van der Waals surface area contributed by atoms with Crippen molar-refractivity contribution in [2.75, 3.05) is 24.2 Å². The van der Waals surface area contributed by atoms with Crippen molar-refractivity contribution in [2.45, 2.75) is 6.42 Å². The number of nitrogens with zero attached hydrogens (tertiary/aromatic N) is 3. The number of hydrogen-bond donors (Lipinski definition) is 1. The maximum Gasteiger partial charge on any atom is 0.225 e. The zero-order valence-electron chi connectivity index (χ0n) is 9.13. The molecule has 0 unspecified atom stereocenters. The third-order valence-corrected chi connectivity index (χ3v) is 3.21. The molecular weight excluding hydrogens is 220 g/mol. The summed E-state index contributed by atoms with van der Waals surface area (Å²) in [5, 5.41) is 2.09. The number of thiophene rings is 1. The zero-order chi connectivity index (χ0) is 11.4. The van der Waals surface area contributed by atoms with E-state index in [1.807, 2.05) is 11.9 Å². The highest BCUT2D eigenvalue weighted by Crippen LogP contribution is 2.11. The molecule has 0 amide bonds. The molecule has 0 fully saturated rings. The Bertz CT molecular complexity index is 424. The first kappa shape index (κ1) is 10.9. The van der Waals surface area contributed by atoms with Gasteiger partial charge in [0.15, 0.2) is 0 Å². The van der Waals surface area contributed by atoms with Crippen molar-refractivity contribution < 1.29 is 0 Å². The van der Waals surface area contributed by atoms with Crippen LogP contribution in [0.1, 0.15) is 4.88 Å². The molecule has 2 rings (SSSR count). The standard InChI is InChI=1S/C11H14N4S/c1-15(5-4-10-3-2-6-16-10)11-13-7-9(12)8-14-11/h2-3,6-8H,4-5,12H2,1H3. The predicted molar refractivity (Wildman–Crippen MR) is 67.7 cm³/mol. The summed E-state index contributed by atoms with van der Waals surface area (Å²) in [6, 6.07) is 4.21. The van der Waals surface area contributed by atoms with E-state index < -0.39 is 0 Å². The van der Waals surface area contributed by atoms with Gasteiger partial charge in [-0.3, -0.25) is 0 Å². The van der Waals surface area contributed by atoms with Gasteiger partial charge in [0.25, 0.3) is 0 Å². The van der Waals surface area contributed by atoms with Gasteiger partial charge < -0.3 is 10.6 Å². The monoisotopic (exact) mass is 234 g/mol. The van der Waals surface area contributed by atoms with Crippen LogP contribution in [0.2, 0.25) is 0 Å². The van der Waals surface area contributed by atoms with Gasteiger partial charge in [-0.25, -0.2) is 9.97 Å². The lowest BCUT2D eigenvalue weighted by molar-refractivity contribution is 0.846. The van der Waals surface area contributed by atoms with E-state index in [-0.39, 0.29) is 0 Å². The molecule has 0 radical (unpaired) electrons. The van der Waals surface area contributed by atoms with Gasteiger partial charge in [-0.15, -0.1) is 11.3 Å². The Morgan fingerprint density at radius 1 is 1.38 bits per heavy atom. The van der Waals surface area contributed by atoms with Gasteiger partial charge in [0.2, 0.25) is 5.95 Å². The first-order valence-corrected chi connectivity index (χ1v) is 5.95. The van der Waals surface area contributed by atoms with E-state index in [0.29, 0.717) is 11.6 Å². The zero-order valence-corrected chi connectivity index (χ0v) is 9.94. The molecule has 0 aliphatic carbocycles. The Labute approximate surface area is 98.8 Å². The fraction of sp³-hybridized carbons (Fsp3) is 0.273. The van der Waals surface area contributed by atoms with Crippen LogP contribution in [0, 0.1) is 0 Å². The number of nitrogen functional groups attached to an aromatic ring is 1. The smallest absolute Gasteiger partial charge is 0.225 e. The molecule has 5 heteroatoms. The third kappa shape index (κ3) is 2.70. The third-order valence-electron chi connectivity index (χ3n) is 2.27. The van der Waals surface area contributed by atoms with Crippen molar-refractivity contribution in [1.82, 2.24) is 9.97 Å². The largest absolute Gasteiger partial charge is 0.396 e. The molecule has 0 saturated heterocycles. The Balaban J connectivity index is 1.93. The van der Waals surface area contributed by atoms with E-state index in [1.54, 1.807) is 23.7 Å². The van der Waals surface area contributed by atoms with E-state index in [1.165, 1.54) is 4.88 Å². The maximum absolute atomic E-state index is 5.54. The Hall–Kier alpha value is -1.62. The molecule has 2 aromatic rings. The molecule has 0 atom stereocenters. The molecule has 0 bridgehead atoms. The minimum absolute atomic E-state index is 0.593. The van der Waals surface area contributed by atoms with Gasteiger partial charge in [0.05, 0.1) is 18.1 Å². The van der Waals surface area contributed by atoms with Crippen LogP contribution in [0.3, 0.4) is 0 Å². The van der Waals surface area contributed by atoms with Crippen molar-refractivity contribution in [1.29, 1.82) is 0 Å². The second kappa shape index (κ2) is 4.94. The summed E-state index contributed by atoms with van der Waals surface area (Å²) in [6.07, 6.45) is 4.27. The minimum atomic E-state index is 0.593. The fourth-order valence-corrected chi connectivity index (χ4v) is 2.06. The van der Waals surface area contributed by atoms with Crippen LogP contribution in [0.4, 0.5) is 11.6 Å². The molecule has 4 nitrogen and oxygen atoms in total. The summed E-state index contributed by atoms with van der Waals surface area (Å²) in [7, 11) is 1.99. The molecule has 2 aromatic heterocycles. The quantitative estimate of drug-likeness (QED) is 0.876. The van der Waals surface area contributed by atoms with E-state index in [0.717, 1.165) is 13.0 Å². The Morgan fingerprint density at radius 2 is 2.12 bits per heavy atom. The average molecular weight is 234 g/mol. The van der Waals surface area contributed by atoms with Gasteiger partial charge >= 0.3 is 0 Å². The first-order valence-electron chi connectivity index (χ1n) is 5.07. The average Bonchev–Trinajstić information content (AvgIpc) is 2.80. The second-order valence-corrected chi connectivity index (χ2v) is 4.60. The van der Waals surface area contributed by atoms with Crippen LogP contribution in [-0.2, 0) is 6.42 Å². The summed E-state index contributed by atoms with van der Waals surface area (Å²) in [4.78, 5) is 11.7. The molecule has 2 N–H and O–H groups in total. The van der Waals surface area contributed by atoms with Crippen molar-refractivity contribution in [3.8, 4) is 0 Å². The molecule has 0 aliphatic heterocycles. The molecule has 2 heterocycles. The fourth-order valence-electron chi connectivity index (χ4n) is 1.36. The summed E-state index contributed by atoms with van der Waals surface area (Å²) >= 11 is 1.78. The number of likely N-dealkylation sites (N-methyl/N-ethyl adjacent to an activating group) is 1. The molecule has 0 saturated carbocycles. The van der Waals surface area contributed by atoms with Crippen LogP contribution in [-0.4, -0.2) is 23.6 Å². The maximum atomic E-state index is 5.54. The number of nitrogens with two attached hydrogens (primary N) is 1. The molecule has 0 aliphatic rings. The second-order valence-electron chi connectivity index (χ2n) is 3.57. The summed E-state index contributed by atoms with van der Waals surface area (Å²) in [6.45, 7) is 0.907. The lowest BCUT2D eigenvalue weighted by Gasteiger charge is -2.15. The van der Waals surface area contributed by atoms with Gasteiger partial charge in [0.1, 0.15) is 0 Å². The van der Waals surface area contributed by atoms with E-state index in [4.69, 9.17) is 5.73 Å². The van der Waals surface area contributed by atoms with Crippen molar-refractivity contribution in [3.63, 3.8) is 0 Å². The number of anilines is 2.